The number of primary amides is 1. The molecule has 1 aromatic carbocycles. The summed E-state index contributed by atoms with van der Waals surface area (Å²) in [5.41, 5.74) is 6.75. The number of fused-ring (bicyclic) bond motifs is 1. The van der Waals surface area contributed by atoms with E-state index in [0.29, 0.717) is 18.7 Å². The smallest absolute Gasteiger partial charge is 0.305 e. The van der Waals surface area contributed by atoms with Crippen molar-refractivity contribution in [3.63, 3.8) is 0 Å². The lowest BCUT2D eigenvalue weighted by molar-refractivity contribution is -0.127. The van der Waals surface area contributed by atoms with Crippen LogP contribution in [0.4, 0.5) is 5.69 Å². The highest BCUT2D eigenvalue weighted by Gasteiger charge is 2.59. The predicted molar refractivity (Wildman–Crippen MR) is 116 cm³/mol. The van der Waals surface area contributed by atoms with E-state index in [1.165, 1.54) is 59.4 Å². The van der Waals surface area contributed by atoms with E-state index >= 15 is 0 Å². The highest BCUT2D eigenvalue weighted by Crippen LogP contribution is 2.46. The summed E-state index contributed by atoms with van der Waals surface area (Å²) in [6, 6.07) is 8.05. The maximum Gasteiger partial charge on any atom is 0.305 e. The zero-order chi connectivity index (χ0) is 21.0. The van der Waals surface area contributed by atoms with Gasteiger partial charge in [-0.05, 0) is 75.7 Å². The fourth-order valence-corrected chi connectivity index (χ4v) is 8.03. The van der Waals surface area contributed by atoms with Crippen molar-refractivity contribution < 1.29 is 13.2 Å². The molecule has 2 N–H and O–H groups in total. The lowest BCUT2D eigenvalue weighted by atomic mass is 9.64. The van der Waals surface area contributed by atoms with Gasteiger partial charge in [-0.3, -0.25) is 9.10 Å². The molecule has 1 saturated carbocycles. The minimum absolute atomic E-state index is 0.114. The number of amides is 1. The molecule has 1 atom stereocenters. The second-order valence-electron chi connectivity index (χ2n) is 9.60. The quantitative estimate of drug-likeness (QED) is 0.771. The van der Waals surface area contributed by atoms with Crippen LogP contribution in [0.1, 0.15) is 56.9 Å². The molecule has 164 valence electrons. The van der Waals surface area contributed by atoms with E-state index in [4.69, 9.17) is 5.73 Å². The molecule has 3 saturated heterocycles. The number of carbonyl (C=O) groups is 1. The zero-order valence-electron chi connectivity index (χ0n) is 17.6. The Morgan fingerprint density at radius 2 is 1.60 bits per heavy atom. The fraction of sp³-hybridized carbons (Fsp3) is 0.682. The molecule has 0 radical (unpaired) electrons. The number of anilines is 1. The molecule has 3 heterocycles. The second kappa shape index (κ2) is 7.21. The number of likely N-dealkylation sites (tertiary alicyclic amines) is 1. The van der Waals surface area contributed by atoms with Crippen molar-refractivity contribution in [2.45, 2.75) is 62.3 Å². The van der Waals surface area contributed by atoms with Gasteiger partial charge in [0, 0.05) is 18.5 Å². The summed E-state index contributed by atoms with van der Waals surface area (Å²) in [4.78, 5) is 14.9. The molecule has 1 amide bonds. The van der Waals surface area contributed by atoms with Crippen molar-refractivity contribution in [1.29, 1.82) is 0 Å². The van der Waals surface area contributed by atoms with Crippen molar-refractivity contribution in [2.75, 3.05) is 37.0 Å². The summed E-state index contributed by atoms with van der Waals surface area (Å²) >= 11 is 0. The van der Waals surface area contributed by atoms with Crippen LogP contribution in [0.3, 0.4) is 0 Å². The number of benzene rings is 1. The summed E-state index contributed by atoms with van der Waals surface area (Å²) in [6.45, 7) is 3.96. The summed E-state index contributed by atoms with van der Waals surface area (Å²) in [6.07, 6.45) is 8.31. The first-order valence-corrected chi connectivity index (χ1v) is 12.7. The molecule has 5 rings (SSSR count). The number of nitrogens with zero attached hydrogens (tertiary/aromatic N) is 3. The number of rotatable bonds is 5. The Balaban J connectivity index is 1.42. The third kappa shape index (κ3) is 2.99. The molecule has 4 fully saturated rings. The van der Waals surface area contributed by atoms with Crippen LogP contribution in [0.25, 0.3) is 0 Å². The third-order valence-electron chi connectivity index (χ3n) is 7.90. The van der Waals surface area contributed by atoms with Gasteiger partial charge in [0.2, 0.25) is 5.91 Å². The van der Waals surface area contributed by atoms with Crippen molar-refractivity contribution in [3.05, 3.63) is 29.8 Å². The highest BCUT2D eigenvalue weighted by molar-refractivity contribution is 7.90. The van der Waals surface area contributed by atoms with Gasteiger partial charge >= 0.3 is 10.2 Å². The Kier molecular flexibility index (Phi) is 4.87. The van der Waals surface area contributed by atoms with Crippen LogP contribution in [0.15, 0.2) is 24.3 Å². The van der Waals surface area contributed by atoms with Gasteiger partial charge in [-0.1, -0.05) is 18.6 Å². The van der Waals surface area contributed by atoms with Gasteiger partial charge in [0.05, 0.1) is 12.2 Å². The molecule has 8 heteroatoms. The molecule has 1 aliphatic carbocycles. The molecule has 30 heavy (non-hydrogen) atoms. The number of hydrogen-bond acceptors (Lipinski definition) is 4. The normalized spacial score (nSPS) is 30.7. The first-order chi connectivity index (χ1) is 14.4. The van der Waals surface area contributed by atoms with Gasteiger partial charge in [0.25, 0.3) is 0 Å². The van der Waals surface area contributed by atoms with Crippen LogP contribution >= 0.6 is 0 Å². The molecule has 7 nitrogen and oxygen atoms in total. The Morgan fingerprint density at radius 1 is 0.933 bits per heavy atom. The first-order valence-electron chi connectivity index (χ1n) is 11.3. The Labute approximate surface area is 179 Å². The minimum atomic E-state index is -3.75. The van der Waals surface area contributed by atoms with Crippen molar-refractivity contribution in [3.8, 4) is 0 Å². The number of nitrogens with two attached hydrogens (primary N) is 1. The van der Waals surface area contributed by atoms with Crippen LogP contribution in [0.5, 0.6) is 0 Å². The monoisotopic (exact) mass is 432 g/mol. The van der Waals surface area contributed by atoms with Crippen LogP contribution < -0.4 is 10.0 Å². The van der Waals surface area contributed by atoms with Crippen LogP contribution in [-0.2, 0) is 20.4 Å². The molecule has 3 aliphatic heterocycles. The highest BCUT2D eigenvalue weighted by atomic mass is 32.2. The largest absolute Gasteiger partial charge is 0.368 e. The average molecular weight is 433 g/mol. The van der Waals surface area contributed by atoms with Crippen LogP contribution in [0, 0.1) is 0 Å². The average Bonchev–Trinajstić information content (AvgIpc) is 3.30. The summed E-state index contributed by atoms with van der Waals surface area (Å²) in [5, 5.41) is 0. The van der Waals surface area contributed by atoms with Crippen LogP contribution in [0.2, 0.25) is 0 Å². The lowest BCUT2D eigenvalue weighted by Gasteiger charge is -2.45. The molecule has 0 spiro atoms. The van der Waals surface area contributed by atoms with E-state index in [2.05, 4.69) is 17.0 Å². The number of carbonyl (C=O) groups excluding carboxylic acids is 1. The fourth-order valence-electron chi connectivity index (χ4n) is 5.98. The Morgan fingerprint density at radius 3 is 2.17 bits per heavy atom. The SMILES string of the molecule is NC(=O)[C@]12CCCCN1S(=O)(=O)N(c1ccc(C3(CN4CCCC4)CCC3)cc1)C2. The number of hydrogen-bond donors (Lipinski definition) is 1. The number of piperidine rings is 1. The molecule has 1 aromatic rings. The van der Waals surface area contributed by atoms with Gasteiger partial charge in [-0.2, -0.15) is 12.7 Å². The van der Waals surface area contributed by atoms with Crippen molar-refractivity contribution in [1.82, 2.24) is 9.21 Å². The van der Waals surface area contributed by atoms with Crippen molar-refractivity contribution in [2.24, 2.45) is 5.73 Å². The molecule has 4 aliphatic rings. The molecular formula is C22H32N4O3S. The van der Waals surface area contributed by atoms with Gasteiger partial charge in [-0.15, -0.1) is 0 Å². The third-order valence-corrected chi connectivity index (χ3v) is 9.89. The van der Waals surface area contributed by atoms with E-state index < -0.39 is 21.7 Å². The molecule has 0 unspecified atom stereocenters. The maximum atomic E-state index is 13.3. The maximum absolute atomic E-state index is 13.3. The topological polar surface area (TPSA) is 86.9 Å². The molecule has 0 bridgehead atoms. The van der Waals surface area contributed by atoms with E-state index in [-0.39, 0.29) is 12.0 Å². The lowest BCUT2D eigenvalue weighted by Crippen LogP contribution is -2.58. The van der Waals surface area contributed by atoms with E-state index in [1.54, 1.807) is 0 Å². The zero-order valence-corrected chi connectivity index (χ0v) is 18.4. The van der Waals surface area contributed by atoms with E-state index in [1.807, 2.05) is 12.1 Å². The van der Waals surface area contributed by atoms with Gasteiger partial charge < -0.3 is 10.6 Å². The van der Waals surface area contributed by atoms with Gasteiger partial charge in [0.15, 0.2) is 0 Å². The van der Waals surface area contributed by atoms with Gasteiger partial charge in [-0.25, -0.2) is 0 Å². The summed E-state index contributed by atoms with van der Waals surface area (Å²) < 4.78 is 29.2. The predicted octanol–water partition coefficient (Wildman–Crippen LogP) is 1.98. The van der Waals surface area contributed by atoms with E-state index in [9.17, 15) is 13.2 Å². The van der Waals surface area contributed by atoms with Crippen LogP contribution in [-0.4, -0.2) is 61.8 Å². The second-order valence-corrected chi connectivity index (χ2v) is 11.4. The van der Waals surface area contributed by atoms with Gasteiger partial charge in [0.1, 0.15) is 5.54 Å². The first kappa shape index (κ1) is 20.3. The molecular weight excluding hydrogens is 400 g/mol. The summed E-state index contributed by atoms with van der Waals surface area (Å²) in [7, 11) is -3.75. The summed E-state index contributed by atoms with van der Waals surface area (Å²) in [5.74, 6) is -0.538. The van der Waals surface area contributed by atoms with E-state index in [0.717, 1.165) is 19.4 Å². The van der Waals surface area contributed by atoms with Crippen molar-refractivity contribution >= 4 is 21.8 Å². The molecule has 0 aromatic heterocycles. The Bertz CT molecular complexity index is 922. The standard InChI is InChI=1S/C22H32N4O3S/c23-20(27)22-12-1-2-15-26(22)30(28,29)25(17-22)19-8-6-18(7-9-19)21(10-5-11-21)16-24-13-3-4-14-24/h6-9H,1-5,10-17H2,(H2,23,27)/t22-/m1/s1. The Hall–Kier alpha value is -1.64. The minimum Gasteiger partial charge on any atom is -0.368 e.